The summed E-state index contributed by atoms with van der Waals surface area (Å²) < 4.78 is 18.6. The van der Waals surface area contributed by atoms with Crippen molar-refractivity contribution in [3.05, 3.63) is 92.5 Å². The predicted molar refractivity (Wildman–Crippen MR) is 168 cm³/mol. The van der Waals surface area contributed by atoms with Crippen molar-refractivity contribution in [2.24, 2.45) is 0 Å². The number of methoxy groups -OCH3 is 1. The molecule has 206 valence electrons. The van der Waals surface area contributed by atoms with Gasteiger partial charge in [0.1, 0.15) is 23.6 Å². The average molecular weight is 675 g/mol. The number of carbonyl (C=O) groups is 1. The van der Waals surface area contributed by atoms with Crippen molar-refractivity contribution in [3.63, 3.8) is 0 Å². The largest absolute Gasteiger partial charge is 0.497 e. The van der Waals surface area contributed by atoms with Crippen LogP contribution in [0.25, 0.3) is 44.1 Å². The van der Waals surface area contributed by atoms with E-state index < -0.39 is 5.97 Å². The first-order chi connectivity index (χ1) is 19.9. The minimum Gasteiger partial charge on any atom is -0.497 e. The number of nitrogens with one attached hydrogen (secondary N) is 1. The molecule has 0 saturated heterocycles. The quantitative estimate of drug-likeness (QED) is 0.171. The van der Waals surface area contributed by atoms with E-state index in [0.717, 1.165) is 53.0 Å². The fraction of sp³-hybridized carbons (Fsp3) is 0.156. The summed E-state index contributed by atoms with van der Waals surface area (Å²) >= 11 is 7.34. The summed E-state index contributed by atoms with van der Waals surface area (Å²) in [6.45, 7) is 4.28. The Kier molecular flexibility index (Phi) is 7.40. The highest BCUT2D eigenvalue weighted by atomic mass is 79.9. The monoisotopic (exact) mass is 673 g/mol. The van der Waals surface area contributed by atoms with Crippen LogP contribution >= 0.6 is 31.9 Å². The highest BCUT2D eigenvalue weighted by molar-refractivity contribution is 9.11. The van der Waals surface area contributed by atoms with Crippen LogP contribution in [0.3, 0.4) is 0 Å². The van der Waals surface area contributed by atoms with Crippen molar-refractivity contribution >= 4 is 70.5 Å². The number of ether oxygens (including phenoxy) is 3. The Morgan fingerprint density at radius 2 is 1.73 bits per heavy atom. The first-order valence-electron chi connectivity index (χ1n) is 13.0. The molecule has 3 aromatic carbocycles. The van der Waals surface area contributed by atoms with Gasteiger partial charge in [-0.05, 0) is 77.3 Å². The van der Waals surface area contributed by atoms with Gasteiger partial charge in [0.25, 0.3) is 0 Å². The lowest BCUT2D eigenvalue weighted by atomic mass is 10.0. The second-order valence-corrected chi connectivity index (χ2v) is 11.2. The normalized spacial score (nSPS) is 11.3. The highest BCUT2D eigenvalue weighted by Gasteiger charge is 2.23. The Bertz CT molecular complexity index is 1950. The maximum Gasteiger partial charge on any atom is 0.357 e. The Morgan fingerprint density at radius 3 is 2.49 bits per heavy atom. The number of benzene rings is 3. The molecule has 0 amide bonds. The van der Waals surface area contributed by atoms with Crippen LogP contribution in [0, 0.1) is 6.92 Å². The molecule has 3 heterocycles. The van der Waals surface area contributed by atoms with E-state index in [1.54, 1.807) is 14.0 Å². The summed E-state index contributed by atoms with van der Waals surface area (Å²) in [6, 6.07) is 21.6. The molecule has 6 rings (SSSR count). The van der Waals surface area contributed by atoms with E-state index in [1.165, 1.54) is 0 Å². The fourth-order valence-corrected chi connectivity index (χ4v) is 6.39. The smallest absolute Gasteiger partial charge is 0.357 e. The van der Waals surface area contributed by atoms with Crippen LogP contribution in [0.4, 0.5) is 0 Å². The van der Waals surface area contributed by atoms with Crippen LogP contribution in [0.2, 0.25) is 0 Å². The molecule has 6 aromatic rings. The number of pyridine rings is 2. The summed E-state index contributed by atoms with van der Waals surface area (Å²) in [6.07, 6.45) is 0. The van der Waals surface area contributed by atoms with Crippen LogP contribution in [-0.4, -0.2) is 34.6 Å². The molecule has 0 saturated carbocycles. The molecule has 0 atom stereocenters. The number of para-hydroxylation sites is 1. The fourth-order valence-electron chi connectivity index (χ4n) is 5.00. The standard InChI is InChI=1S/C32H25Br2N3O4/c1-4-40-32(38)27-17(2)26-21-7-5-6-8-24(21)35-30(26)29(37-27)25-14-13-20-22(33)15-23(34)31(28(20)36-25)41-16-18-9-11-19(39-3)12-10-18/h5-15,35H,4,16H2,1-3H3. The third kappa shape index (κ3) is 4.93. The number of esters is 1. The summed E-state index contributed by atoms with van der Waals surface area (Å²) in [5.74, 6) is 0.922. The average Bonchev–Trinajstić information content (AvgIpc) is 3.37. The molecule has 3 aromatic heterocycles. The van der Waals surface area contributed by atoms with Crippen LogP contribution in [0.15, 0.2) is 75.7 Å². The van der Waals surface area contributed by atoms with Crippen LogP contribution < -0.4 is 9.47 Å². The van der Waals surface area contributed by atoms with Crippen molar-refractivity contribution in [2.45, 2.75) is 20.5 Å². The topological polar surface area (TPSA) is 86.3 Å². The van der Waals surface area contributed by atoms with Crippen LogP contribution in [0.5, 0.6) is 11.5 Å². The van der Waals surface area contributed by atoms with Gasteiger partial charge >= 0.3 is 5.97 Å². The number of H-pyrrole nitrogens is 1. The minimum atomic E-state index is -0.465. The van der Waals surface area contributed by atoms with E-state index in [9.17, 15) is 4.79 Å². The molecule has 0 aliphatic heterocycles. The Labute approximate surface area is 253 Å². The first-order valence-corrected chi connectivity index (χ1v) is 14.6. The lowest BCUT2D eigenvalue weighted by Gasteiger charge is -2.14. The molecular weight excluding hydrogens is 650 g/mol. The maximum atomic E-state index is 13.0. The molecule has 7 nitrogen and oxygen atoms in total. The van der Waals surface area contributed by atoms with Gasteiger partial charge in [0.2, 0.25) is 0 Å². The van der Waals surface area contributed by atoms with Crippen molar-refractivity contribution in [1.82, 2.24) is 15.0 Å². The number of hydrogen-bond donors (Lipinski definition) is 1. The second kappa shape index (κ2) is 11.1. The molecule has 0 unspecified atom stereocenters. The zero-order valence-corrected chi connectivity index (χ0v) is 25.7. The van der Waals surface area contributed by atoms with Gasteiger partial charge in [-0.15, -0.1) is 0 Å². The molecule has 0 aliphatic carbocycles. The van der Waals surface area contributed by atoms with E-state index in [-0.39, 0.29) is 12.3 Å². The second-order valence-electron chi connectivity index (χ2n) is 9.47. The van der Waals surface area contributed by atoms with Gasteiger partial charge < -0.3 is 19.2 Å². The van der Waals surface area contributed by atoms with E-state index in [2.05, 4.69) is 36.8 Å². The molecular formula is C32H25Br2N3O4. The molecule has 0 radical (unpaired) electrons. The Balaban J connectivity index is 1.54. The van der Waals surface area contributed by atoms with E-state index in [0.29, 0.717) is 29.3 Å². The van der Waals surface area contributed by atoms with E-state index in [4.69, 9.17) is 24.2 Å². The Morgan fingerprint density at radius 1 is 0.951 bits per heavy atom. The van der Waals surface area contributed by atoms with Crippen molar-refractivity contribution in [2.75, 3.05) is 13.7 Å². The molecule has 0 aliphatic rings. The predicted octanol–water partition coefficient (Wildman–Crippen LogP) is 8.53. The summed E-state index contributed by atoms with van der Waals surface area (Å²) in [5, 5.41) is 2.80. The van der Waals surface area contributed by atoms with Gasteiger partial charge in [-0.25, -0.2) is 14.8 Å². The number of halogens is 2. The third-order valence-electron chi connectivity index (χ3n) is 6.99. The van der Waals surface area contributed by atoms with Gasteiger partial charge in [0.15, 0.2) is 11.4 Å². The number of rotatable bonds is 7. The van der Waals surface area contributed by atoms with Crippen molar-refractivity contribution in [1.29, 1.82) is 0 Å². The molecule has 0 spiro atoms. The number of hydrogen-bond acceptors (Lipinski definition) is 6. The van der Waals surface area contributed by atoms with Gasteiger partial charge in [-0.2, -0.15) is 0 Å². The first kappa shape index (κ1) is 27.2. The number of nitrogens with zero attached hydrogens (tertiary/aromatic N) is 2. The summed E-state index contributed by atoms with van der Waals surface area (Å²) in [7, 11) is 1.64. The third-order valence-corrected chi connectivity index (χ3v) is 8.23. The van der Waals surface area contributed by atoms with Gasteiger partial charge in [0.05, 0.1) is 29.4 Å². The Hall–Kier alpha value is -3.95. The van der Waals surface area contributed by atoms with Gasteiger partial charge in [-0.1, -0.05) is 46.3 Å². The number of aryl methyl sites for hydroxylation is 1. The molecule has 41 heavy (non-hydrogen) atoms. The lowest BCUT2D eigenvalue weighted by molar-refractivity contribution is 0.0519. The van der Waals surface area contributed by atoms with Crippen molar-refractivity contribution in [3.8, 4) is 22.9 Å². The van der Waals surface area contributed by atoms with Gasteiger partial charge in [0, 0.05) is 26.1 Å². The van der Waals surface area contributed by atoms with Crippen LogP contribution in [-0.2, 0) is 11.3 Å². The number of aromatic nitrogens is 3. The number of carbonyl (C=O) groups excluding carboxylic acids is 1. The minimum absolute atomic E-state index is 0.256. The van der Waals surface area contributed by atoms with E-state index >= 15 is 0 Å². The highest BCUT2D eigenvalue weighted by Crippen LogP contribution is 2.41. The molecule has 1 N–H and O–H groups in total. The molecule has 0 bridgehead atoms. The summed E-state index contributed by atoms with van der Waals surface area (Å²) in [5.41, 5.74) is 5.58. The number of fused-ring (bicyclic) bond motifs is 4. The van der Waals surface area contributed by atoms with E-state index in [1.807, 2.05) is 73.7 Å². The maximum absolute atomic E-state index is 13.0. The van der Waals surface area contributed by atoms with Crippen molar-refractivity contribution < 1.29 is 19.0 Å². The van der Waals surface area contributed by atoms with Gasteiger partial charge in [-0.3, -0.25) is 0 Å². The van der Waals surface area contributed by atoms with Crippen LogP contribution in [0.1, 0.15) is 28.5 Å². The zero-order valence-electron chi connectivity index (χ0n) is 22.5. The SMILES string of the molecule is CCOC(=O)c1nc(-c2ccc3c(Br)cc(Br)c(OCc4ccc(OC)cc4)c3n2)c2[nH]c3ccccc3c2c1C. The summed E-state index contributed by atoms with van der Waals surface area (Å²) in [4.78, 5) is 26.4. The zero-order chi connectivity index (χ0) is 28.7. The molecule has 9 heteroatoms. The number of aromatic amines is 1. The lowest BCUT2D eigenvalue weighted by Crippen LogP contribution is -2.10. The molecule has 0 fully saturated rings.